The summed E-state index contributed by atoms with van der Waals surface area (Å²) in [6.07, 6.45) is 2.14. The monoisotopic (exact) mass is 231 g/mol. The molecule has 1 aromatic carbocycles. The van der Waals surface area contributed by atoms with E-state index in [4.69, 9.17) is 0 Å². The van der Waals surface area contributed by atoms with E-state index in [2.05, 4.69) is 29.1 Å². The van der Waals surface area contributed by atoms with Crippen molar-refractivity contribution < 1.29 is 0 Å². The number of aromatic amines is 1. The van der Waals surface area contributed by atoms with Gasteiger partial charge in [0.1, 0.15) is 0 Å². The first-order valence-corrected chi connectivity index (χ1v) is 6.04. The molecule has 1 aliphatic rings. The maximum absolute atomic E-state index is 11.6. The van der Waals surface area contributed by atoms with Gasteiger partial charge < -0.3 is 9.88 Å². The number of nitrogens with zero attached hydrogens (tertiary/aromatic N) is 2. The number of nitrogens with one attached hydrogen (secondary N) is 1. The fourth-order valence-electron chi connectivity index (χ4n) is 2.56. The maximum Gasteiger partial charge on any atom is 0.326 e. The average Bonchev–Trinajstić information content (AvgIpc) is 2.49. The van der Waals surface area contributed by atoms with Crippen molar-refractivity contribution in [1.29, 1.82) is 0 Å². The molecule has 0 spiro atoms. The Balaban J connectivity index is 2.19. The molecule has 0 fully saturated rings. The second-order valence-corrected chi connectivity index (χ2v) is 4.93. The van der Waals surface area contributed by atoms with Gasteiger partial charge in [0.2, 0.25) is 0 Å². The second kappa shape index (κ2) is 3.74. The van der Waals surface area contributed by atoms with Gasteiger partial charge in [0.15, 0.2) is 0 Å². The Kier molecular flexibility index (Phi) is 2.33. The third-order valence-corrected chi connectivity index (χ3v) is 3.75. The summed E-state index contributed by atoms with van der Waals surface area (Å²) in [5.41, 5.74) is 4.71. The average molecular weight is 231 g/mol. The lowest BCUT2D eigenvalue weighted by molar-refractivity contribution is 0.352. The van der Waals surface area contributed by atoms with Crippen LogP contribution in [0.25, 0.3) is 11.0 Å². The highest BCUT2D eigenvalue weighted by molar-refractivity contribution is 5.77. The van der Waals surface area contributed by atoms with Crippen LogP contribution in [0, 0.1) is 0 Å². The molecule has 0 unspecified atom stereocenters. The normalized spacial score (nSPS) is 17.1. The topological polar surface area (TPSA) is 41.0 Å². The lowest BCUT2D eigenvalue weighted by Gasteiger charge is -2.10. The van der Waals surface area contributed by atoms with Crippen LogP contribution in [0.1, 0.15) is 11.1 Å². The van der Waals surface area contributed by atoms with Crippen LogP contribution in [0.15, 0.2) is 16.9 Å². The molecule has 1 N–H and O–H groups in total. The number of H-pyrrole nitrogens is 1. The quantitative estimate of drug-likeness (QED) is 0.732. The molecule has 0 amide bonds. The first kappa shape index (κ1) is 10.6. The molecule has 17 heavy (non-hydrogen) atoms. The van der Waals surface area contributed by atoms with Crippen molar-refractivity contribution in [2.45, 2.75) is 12.8 Å². The molecule has 0 radical (unpaired) electrons. The van der Waals surface area contributed by atoms with Crippen LogP contribution in [-0.4, -0.2) is 34.6 Å². The van der Waals surface area contributed by atoms with Gasteiger partial charge >= 0.3 is 5.69 Å². The van der Waals surface area contributed by atoms with Crippen LogP contribution < -0.4 is 5.69 Å². The number of aromatic nitrogens is 2. The van der Waals surface area contributed by atoms with E-state index in [1.165, 1.54) is 11.1 Å². The molecule has 1 aliphatic heterocycles. The van der Waals surface area contributed by atoms with Crippen LogP contribution in [0.5, 0.6) is 0 Å². The zero-order valence-electron chi connectivity index (χ0n) is 10.3. The predicted octanol–water partition coefficient (Wildman–Crippen LogP) is 0.897. The van der Waals surface area contributed by atoms with Crippen LogP contribution in [0.4, 0.5) is 0 Å². The van der Waals surface area contributed by atoms with Crippen LogP contribution in [0.2, 0.25) is 0 Å². The van der Waals surface area contributed by atoms with Gasteiger partial charge in [-0.15, -0.1) is 0 Å². The van der Waals surface area contributed by atoms with Gasteiger partial charge in [0, 0.05) is 20.1 Å². The fourth-order valence-corrected chi connectivity index (χ4v) is 2.56. The molecule has 0 saturated carbocycles. The predicted molar refractivity (Wildman–Crippen MR) is 68.4 cm³/mol. The molecule has 1 aromatic heterocycles. The van der Waals surface area contributed by atoms with Crippen molar-refractivity contribution in [3.05, 3.63) is 33.7 Å². The summed E-state index contributed by atoms with van der Waals surface area (Å²) in [6.45, 7) is 2.19. The summed E-state index contributed by atoms with van der Waals surface area (Å²) >= 11 is 0. The van der Waals surface area contributed by atoms with Gasteiger partial charge in [-0.2, -0.15) is 0 Å². The number of aryl methyl sites for hydroxylation is 1. The van der Waals surface area contributed by atoms with Crippen molar-refractivity contribution in [3.63, 3.8) is 0 Å². The van der Waals surface area contributed by atoms with Crippen molar-refractivity contribution in [2.75, 3.05) is 20.1 Å². The molecule has 0 atom stereocenters. The summed E-state index contributed by atoms with van der Waals surface area (Å²) in [7, 11) is 3.98. The van der Waals surface area contributed by atoms with Gasteiger partial charge in [-0.25, -0.2) is 4.79 Å². The van der Waals surface area contributed by atoms with E-state index < -0.39 is 0 Å². The molecular formula is C13H17N3O. The molecule has 4 heteroatoms. The molecule has 0 aliphatic carbocycles. The highest BCUT2D eigenvalue weighted by Gasteiger charge is 2.13. The van der Waals surface area contributed by atoms with Gasteiger partial charge in [-0.1, -0.05) is 0 Å². The number of imidazole rings is 1. The van der Waals surface area contributed by atoms with E-state index in [1.54, 1.807) is 4.57 Å². The van der Waals surface area contributed by atoms with Gasteiger partial charge in [0.25, 0.3) is 0 Å². The number of likely N-dealkylation sites (N-methyl/N-ethyl adjacent to an activating group) is 1. The number of hydrogen-bond donors (Lipinski definition) is 1. The van der Waals surface area contributed by atoms with Crippen LogP contribution >= 0.6 is 0 Å². The van der Waals surface area contributed by atoms with Crippen molar-refractivity contribution in [1.82, 2.24) is 14.5 Å². The third kappa shape index (κ3) is 1.69. The Hall–Kier alpha value is -1.55. The maximum atomic E-state index is 11.6. The zero-order chi connectivity index (χ0) is 12.0. The summed E-state index contributed by atoms with van der Waals surface area (Å²) in [4.78, 5) is 16.8. The Morgan fingerprint density at radius 2 is 1.76 bits per heavy atom. The molecule has 0 bridgehead atoms. The van der Waals surface area contributed by atoms with E-state index in [-0.39, 0.29) is 5.69 Å². The highest BCUT2D eigenvalue weighted by Crippen LogP contribution is 2.21. The third-order valence-electron chi connectivity index (χ3n) is 3.75. The molecule has 90 valence electrons. The lowest BCUT2D eigenvalue weighted by atomic mass is 10.0. The molecule has 0 saturated heterocycles. The minimum atomic E-state index is -0.0303. The van der Waals surface area contributed by atoms with Crippen molar-refractivity contribution in [3.8, 4) is 0 Å². The van der Waals surface area contributed by atoms with E-state index in [0.717, 1.165) is 37.0 Å². The summed E-state index contributed by atoms with van der Waals surface area (Å²) < 4.78 is 1.68. The molecule has 2 heterocycles. The van der Waals surface area contributed by atoms with Crippen LogP contribution in [-0.2, 0) is 19.9 Å². The second-order valence-electron chi connectivity index (χ2n) is 4.93. The van der Waals surface area contributed by atoms with E-state index >= 15 is 0 Å². The molecule has 3 rings (SSSR count). The number of fused-ring (bicyclic) bond motifs is 2. The zero-order valence-corrected chi connectivity index (χ0v) is 10.3. The van der Waals surface area contributed by atoms with E-state index in [9.17, 15) is 4.79 Å². The Morgan fingerprint density at radius 3 is 2.47 bits per heavy atom. The minimum Gasteiger partial charge on any atom is -0.306 e. The highest BCUT2D eigenvalue weighted by atomic mass is 16.1. The fraction of sp³-hybridized carbons (Fsp3) is 0.462. The first-order chi connectivity index (χ1) is 8.15. The SMILES string of the molecule is CN1CCc2cc3[nH]c(=O)n(C)c3cc2CC1. The number of benzene rings is 1. The Labute approximate surface area is 99.9 Å². The Bertz CT molecular complexity index is 623. The smallest absolute Gasteiger partial charge is 0.306 e. The summed E-state index contributed by atoms with van der Waals surface area (Å²) in [6, 6.07) is 4.31. The number of rotatable bonds is 0. The molecule has 2 aromatic rings. The molecular weight excluding hydrogens is 214 g/mol. The standard InChI is InChI=1S/C13H17N3O/c1-15-5-3-9-7-11-12(8-10(9)4-6-15)16(2)13(17)14-11/h7-8H,3-6H2,1-2H3,(H,14,17). The first-order valence-electron chi connectivity index (χ1n) is 6.04. The Morgan fingerprint density at radius 1 is 1.12 bits per heavy atom. The van der Waals surface area contributed by atoms with Gasteiger partial charge in [-0.3, -0.25) is 4.57 Å². The number of hydrogen-bond acceptors (Lipinski definition) is 2. The molecule has 4 nitrogen and oxygen atoms in total. The lowest BCUT2D eigenvalue weighted by Crippen LogP contribution is -2.20. The van der Waals surface area contributed by atoms with E-state index in [1.807, 2.05) is 7.05 Å². The van der Waals surface area contributed by atoms with Crippen LogP contribution in [0.3, 0.4) is 0 Å². The van der Waals surface area contributed by atoms with Crippen molar-refractivity contribution >= 4 is 11.0 Å². The van der Waals surface area contributed by atoms with E-state index in [0.29, 0.717) is 0 Å². The minimum absolute atomic E-state index is 0.0303. The van der Waals surface area contributed by atoms with Crippen molar-refractivity contribution in [2.24, 2.45) is 7.05 Å². The van der Waals surface area contributed by atoms with Gasteiger partial charge in [0.05, 0.1) is 11.0 Å². The summed E-state index contributed by atoms with van der Waals surface area (Å²) in [5, 5.41) is 0. The van der Waals surface area contributed by atoms with Gasteiger partial charge in [-0.05, 0) is 43.1 Å². The summed E-state index contributed by atoms with van der Waals surface area (Å²) in [5.74, 6) is 0. The largest absolute Gasteiger partial charge is 0.326 e.